The molecule has 0 aliphatic carbocycles. The van der Waals surface area contributed by atoms with Crippen molar-refractivity contribution in [3.8, 4) is 0 Å². The van der Waals surface area contributed by atoms with Gasteiger partial charge >= 0.3 is 7.82 Å². The molecule has 0 bridgehead atoms. The van der Waals surface area contributed by atoms with Gasteiger partial charge in [-0.05, 0) is 0 Å². The van der Waals surface area contributed by atoms with Crippen molar-refractivity contribution in [1.82, 2.24) is 0 Å². The molecule has 0 aromatic carbocycles. The van der Waals surface area contributed by atoms with E-state index in [1.807, 2.05) is 6.92 Å². The third-order valence-electron chi connectivity index (χ3n) is 1.50. The van der Waals surface area contributed by atoms with Gasteiger partial charge in [-0.2, -0.15) is 0 Å². The number of phosphoric acid groups is 1. The van der Waals surface area contributed by atoms with E-state index >= 15 is 0 Å². The average Bonchev–Trinajstić information content (AvgIpc) is 2.61. The van der Waals surface area contributed by atoms with Crippen molar-refractivity contribution in [3.63, 3.8) is 0 Å². The molecule has 0 aromatic rings. The maximum absolute atomic E-state index is 10.2. The molecule has 0 aromatic heterocycles. The van der Waals surface area contributed by atoms with Gasteiger partial charge in [-0.25, -0.2) is 4.57 Å². The standard InChI is InChI=1S/C5H11O5P/c1-4(5-3-9-5)2-10-11(6,7)8/h4-5H,2-3H2,1H3,(H2,6,7,8). The van der Waals surface area contributed by atoms with Crippen LogP contribution in [0.4, 0.5) is 0 Å². The smallest absolute Gasteiger partial charge is 0.373 e. The number of rotatable bonds is 4. The van der Waals surface area contributed by atoms with Crippen LogP contribution in [0.5, 0.6) is 0 Å². The molecule has 2 unspecified atom stereocenters. The molecular weight excluding hydrogens is 171 g/mol. The summed E-state index contributed by atoms with van der Waals surface area (Å²) in [4.78, 5) is 16.6. The fourth-order valence-electron chi connectivity index (χ4n) is 0.706. The molecule has 6 heteroatoms. The van der Waals surface area contributed by atoms with E-state index < -0.39 is 7.82 Å². The van der Waals surface area contributed by atoms with Gasteiger partial charge in [0.1, 0.15) is 0 Å². The maximum Gasteiger partial charge on any atom is 0.469 e. The summed E-state index contributed by atoms with van der Waals surface area (Å²) in [5.74, 6) is 0.0580. The van der Waals surface area contributed by atoms with E-state index in [9.17, 15) is 4.57 Å². The van der Waals surface area contributed by atoms with E-state index in [1.165, 1.54) is 0 Å². The van der Waals surface area contributed by atoms with Crippen LogP contribution in [0.3, 0.4) is 0 Å². The van der Waals surface area contributed by atoms with Gasteiger partial charge in [0.2, 0.25) is 0 Å². The summed E-state index contributed by atoms with van der Waals surface area (Å²) in [6.45, 7) is 2.55. The number of phosphoric ester groups is 1. The highest BCUT2D eigenvalue weighted by Crippen LogP contribution is 2.37. The highest BCUT2D eigenvalue weighted by atomic mass is 31.2. The molecule has 0 radical (unpaired) electrons. The second-order valence-corrected chi connectivity index (χ2v) is 3.87. The van der Waals surface area contributed by atoms with Crippen molar-refractivity contribution >= 4 is 7.82 Å². The van der Waals surface area contributed by atoms with Gasteiger partial charge in [-0.1, -0.05) is 6.92 Å². The zero-order chi connectivity index (χ0) is 8.48. The Labute approximate surface area is 64.6 Å². The Balaban J connectivity index is 2.15. The largest absolute Gasteiger partial charge is 0.469 e. The van der Waals surface area contributed by atoms with Gasteiger partial charge in [-0.3, -0.25) is 4.52 Å². The van der Waals surface area contributed by atoms with Gasteiger partial charge in [0.05, 0.1) is 19.3 Å². The van der Waals surface area contributed by atoms with Crippen LogP contribution in [-0.4, -0.2) is 29.1 Å². The van der Waals surface area contributed by atoms with Gasteiger partial charge in [0.25, 0.3) is 0 Å². The molecule has 11 heavy (non-hydrogen) atoms. The summed E-state index contributed by atoms with van der Waals surface area (Å²) in [6.07, 6.45) is 0.126. The summed E-state index contributed by atoms with van der Waals surface area (Å²) in [5.41, 5.74) is 0. The molecule has 1 heterocycles. The molecule has 1 fully saturated rings. The zero-order valence-electron chi connectivity index (χ0n) is 6.14. The van der Waals surface area contributed by atoms with Crippen molar-refractivity contribution in [2.75, 3.05) is 13.2 Å². The molecule has 0 saturated carbocycles. The summed E-state index contributed by atoms with van der Waals surface area (Å²) in [6, 6.07) is 0. The second-order valence-electron chi connectivity index (χ2n) is 2.64. The average molecular weight is 182 g/mol. The van der Waals surface area contributed by atoms with Crippen LogP contribution in [0.25, 0.3) is 0 Å². The van der Waals surface area contributed by atoms with E-state index in [2.05, 4.69) is 4.52 Å². The molecule has 1 rings (SSSR count). The van der Waals surface area contributed by atoms with E-state index in [4.69, 9.17) is 14.5 Å². The van der Waals surface area contributed by atoms with Crippen LogP contribution < -0.4 is 0 Å². The molecule has 2 N–H and O–H groups in total. The second kappa shape index (κ2) is 3.21. The third-order valence-corrected chi connectivity index (χ3v) is 1.98. The number of hydrogen-bond donors (Lipinski definition) is 2. The third kappa shape index (κ3) is 3.84. The molecule has 1 saturated heterocycles. The Morgan fingerprint density at radius 3 is 2.73 bits per heavy atom. The topological polar surface area (TPSA) is 79.3 Å². The van der Waals surface area contributed by atoms with Crippen LogP contribution >= 0.6 is 7.82 Å². The fourth-order valence-corrected chi connectivity index (χ4v) is 1.14. The summed E-state index contributed by atoms with van der Waals surface area (Å²) in [7, 11) is -4.29. The van der Waals surface area contributed by atoms with E-state index in [0.29, 0.717) is 6.61 Å². The minimum atomic E-state index is -4.29. The Kier molecular flexibility index (Phi) is 2.67. The first kappa shape index (κ1) is 9.16. The Hall–Kier alpha value is 0.0700. The van der Waals surface area contributed by atoms with Crippen LogP contribution in [0.2, 0.25) is 0 Å². The highest BCUT2D eigenvalue weighted by Gasteiger charge is 2.31. The lowest BCUT2D eigenvalue weighted by molar-refractivity contribution is 0.159. The van der Waals surface area contributed by atoms with Crippen LogP contribution in [0.15, 0.2) is 0 Å². The quantitative estimate of drug-likeness (QED) is 0.477. The van der Waals surface area contributed by atoms with Gasteiger partial charge < -0.3 is 14.5 Å². The Bertz CT molecular complexity index is 172. The molecule has 5 nitrogen and oxygen atoms in total. The molecule has 66 valence electrons. The molecule has 0 amide bonds. The van der Waals surface area contributed by atoms with Gasteiger partial charge in [0, 0.05) is 5.92 Å². The van der Waals surface area contributed by atoms with E-state index in [1.54, 1.807) is 0 Å². The summed E-state index contributed by atoms with van der Waals surface area (Å²) < 4.78 is 19.4. The molecule has 1 aliphatic rings. The lowest BCUT2D eigenvalue weighted by atomic mass is 10.1. The summed E-state index contributed by atoms with van der Waals surface area (Å²) in [5, 5.41) is 0. The minimum Gasteiger partial charge on any atom is -0.373 e. The Morgan fingerprint density at radius 2 is 2.36 bits per heavy atom. The predicted molar refractivity (Wildman–Crippen MR) is 36.9 cm³/mol. The zero-order valence-corrected chi connectivity index (χ0v) is 7.03. The number of ether oxygens (including phenoxy) is 1. The minimum absolute atomic E-state index is 0.0505. The van der Waals surface area contributed by atoms with Crippen molar-refractivity contribution < 1.29 is 23.6 Å². The van der Waals surface area contributed by atoms with E-state index in [0.717, 1.165) is 0 Å². The van der Waals surface area contributed by atoms with Crippen LogP contribution in [0.1, 0.15) is 6.92 Å². The van der Waals surface area contributed by atoms with Crippen molar-refractivity contribution in [2.24, 2.45) is 5.92 Å². The lowest BCUT2D eigenvalue weighted by Crippen LogP contribution is -2.10. The lowest BCUT2D eigenvalue weighted by Gasteiger charge is -2.08. The monoisotopic (exact) mass is 182 g/mol. The molecular formula is C5H11O5P. The molecule has 1 aliphatic heterocycles. The predicted octanol–water partition coefficient (Wildman–Crippen LogP) is 0.131. The normalized spacial score (nSPS) is 26.6. The number of epoxide rings is 1. The highest BCUT2D eigenvalue weighted by molar-refractivity contribution is 7.46. The first-order valence-electron chi connectivity index (χ1n) is 3.31. The van der Waals surface area contributed by atoms with Gasteiger partial charge in [-0.15, -0.1) is 0 Å². The van der Waals surface area contributed by atoms with E-state index in [-0.39, 0.29) is 18.6 Å². The Morgan fingerprint density at radius 1 is 1.82 bits per heavy atom. The first-order chi connectivity index (χ1) is 4.99. The SMILES string of the molecule is CC(COP(=O)(O)O)C1CO1. The fraction of sp³-hybridized carbons (Fsp3) is 1.00. The first-order valence-corrected chi connectivity index (χ1v) is 4.84. The van der Waals surface area contributed by atoms with Crippen LogP contribution in [-0.2, 0) is 13.8 Å². The summed E-state index contributed by atoms with van der Waals surface area (Å²) >= 11 is 0. The van der Waals surface area contributed by atoms with Crippen LogP contribution in [0, 0.1) is 5.92 Å². The van der Waals surface area contributed by atoms with Crippen molar-refractivity contribution in [1.29, 1.82) is 0 Å². The molecule has 0 spiro atoms. The van der Waals surface area contributed by atoms with Crippen molar-refractivity contribution in [2.45, 2.75) is 13.0 Å². The number of hydrogen-bond acceptors (Lipinski definition) is 3. The van der Waals surface area contributed by atoms with Crippen molar-refractivity contribution in [3.05, 3.63) is 0 Å². The maximum atomic E-state index is 10.2. The molecule has 2 atom stereocenters. The van der Waals surface area contributed by atoms with Gasteiger partial charge in [0.15, 0.2) is 0 Å².